The zero-order chi connectivity index (χ0) is 15.5. The van der Waals surface area contributed by atoms with Crippen LogP contribution in [0.4, 0.5) is 0 Å². The minimum absolute atomic E-state index is 0.0862. The number of aliphatic carboxylic acids is 1. The van der Waals surface area contributed by atoms with Crippen molar-refractivity contribution in [1.29, 1.82) is 0 Å². The number of Topliss-reactive ketones (excluding diaryl/α,β-unsaturated/α-hetero) is 1. The molecule has 2 rings (SSSR count). The number of nitrogens with one attached hydrogen (secondary N) is 1. The fourth-order valence-corrected chi connectivity index (χ4v) is 3.09. The number of hydrogen-bond donors (Lipinski definition) is 2. The summed E-state index contributed by atoms with van der Waals surface area (Å²) in [5.74, 6) is -1.60. The molecule has 4 nitrogen and oxygen atoms in total. The van der Waals surface area contributed by atoms with Gasteiger partial charge in [0, 0.05) is 10.9 Å². The molecule has 1 unspecified atom stereocenters. The Labute approximate surface area is 134 Å². The van der Waals surface area contributed by atoms with Gasteiger partial charge in [0.05, 0.1) is 4.88 Å². The molecule has 0 fully saturated rings. The van der Waals surface area contributed by atoms with Gasteiger partial charge in [-0.25, -0.2) is 4.79 Å². The van der Waals surface area contributed by atoms with Crippen molar-refractivity contribution in [3.05, 3.63) is 56.7 Å². The Morgan fingerprint density at radius 3 is 2.43 bits per heavy atom. The summed E-state index contributed by atoms with van der Waals surface area (Å²) < 4.78 is 0.904. The van der Waals surface area contributed by atoms with Crippen molar-refractivity contribution in [2.45, 2.75) is 12.0 Å². The molecule has 1 heterocycles. The third-order valence-electron chi connectivity index (χ3n) is 3.31. The molecule has 110 valence electrons. The lowest BCUT2D eigenvalue weighted by atomic mass is 9.86. The zero-order valence-electron chi connectivity index (χ0n) is 11.3. The average molecular weight is 368 g/mol. The number of carbonyl (C=O) groups is 2. The van der Waals surface area contributed by atoms with Crippen molar-refractivity contribution in [3.63, 3.8) is 0 Å². The van der Waals surface area contributed by atoms with Crippen LogP contribution in [0.25, 0.3) is 0 Å². The van der Waals surface area contributed by atoms with Crippen molar-refractivity contribution in [3.8, 4) is 0 Å². The van der Waals surface area contributed by atoms with Gasteiger partial charge < -0.3 is 5.11 Å². The molecular weight excluding hydrogens is 354 g/mol. The lowest BCUT2D eigenvalue weighted by Crippen LogP contribution is -2.58. The van der Waals surface area contributed by atoms with Crippen molar-refractivity contribution in [2.24, 2.45) is 0 Å². The summed E-state index contributed by atoms with van der Waals surface area (Å²) in [6.45, 7) is 0. The summed E-state index contributed by atoms with van der Waals surface area (Å²) in [6.07, 6.45) is 0.0862. The molecule has 2 aromatic rings. The van der Waals surface area contributed by atoms with E-state index in [-0.39, 0.29) is 6.42 Å². The number of likely N-dealkylation sites (N-methyl/N-ethyl adjacent to an activating group) is 1. The fraction of sp³-hybridized carbons (Fsp3) is 0.200. The molecule has 0 radical (unpaired) electrons. The number of carboxylic acids is 1. The van der Waals surface area contributed by atoms with Crippen LogP contribution in [0.1, 0.15) is 15.2 Å². The Morgan fingerprint density at radius 1 is 1.29 bits per heavy atom. The largest absolute Gasteiger partial charge is 0.480 e. The predicted molar refractivity (Wildman–Crippen MR) is 85.9 cm³/mol. The molecule has 0 spiro atoms. The molecule has 1 aromatic carbocycles. The number of thiophene rings is 1. The second-order valence-electron chi connectivity index (χ2n) is 4.57. The number of carboxylic acid groups (broad SMARTS) is 1. The van der Waals surface area contributed by atoms with Gasteiger partial charge >= 0.3 is 5.97 Å². The van der Waals surface area contributed by atoms with Crippen LogP contribution in [0.2, 0.25) is 0 Å². The molecule has 0 aliphatic heterocycles. The molecule has 1 atom stereocenters. The fourth-order valence-electron chi connectivity index (χ4n) is 2.09. The van der Waals surface area contributed by atoms with E-state index in [0.717, 1.165) is 10.0 Å². The average Bonchev–Trinajstić information content (AvgIpc) is 3.00. The van der Waals surface area contributed by atoms with Crippen LogP contribution >= 0.6 is 27.3 Å². The van der Waals surface area contributed by atoms with E-state index in [0.29, 0.717) is 4.88 Å². The molecular formula is C15H14BrNO3S. The maximum Gasteiger partial charge on any atom is 0.332 e. The lowest BCUT2D eigenvalue weighted by molar-refractivity contribution is -0.142. The SMILES string of the molecule is CNC(Cc1ccc(Br)cc1)(C(=O)O)C(=O)c1cccs1. The molecule has 0 aliphatic rings. The second-order valence-corrected chi connectivity index (χ2v) is 6.43. The van der Waals surface area contributed by atoms with Gasteiger partial charge in [0.15, 0.2) is 5.54 Å². The Hall–Kier alpha value is -1.50. The Morgan fingerprint density at radius 2 is 1.95 bits per heavy atom. The molecule has 0 saturated heterocycles. The van der Waals surface area contributed by atoms with Gasteiger partial charge in [0.1, 0.15) is 0 Å². The Balaban J connectivity index is 2.39. The van der Waals surface area contributed by atoms with E-state index >= 15 is 0 Å². The van der Waals surface area contributed by atoms with Crippen LogP contribution in [0, 0.1) is 0 Å². The summed E-state index contributed by atoms with van der Waals surface area (Å²) in [7, 11) is 1.50. The third-order valence-corrected chi connectivity index (χ3v) is 4.70. The van der Waals surface area contributed by atoms with Gasteiger partial charge in [-0.3, -0.25) is 10.1 Å². The number of hydrogen-bond acceptors (Lipinski definition) is 4. The van der Waals surface area contributed by atoms with Gasteiger partial charge in [0.25, 0.3) is 0 Å². The van der Waals surface area contributed by atoms with Gasteiger partial charge in [-0.15, -0.1) is 11.3 Å². The first-order chi connectivity index (χ1) is 9.99. The normalized spacial score (nSPS) is 13.6. The van der Waals surface area contributed by atoms with Gasteiger partial charge in [-0.05, 0) is 36.2 Å². The first kappa shape index (κ1) is 15.9. The standard InChI is InChI=1S/C15H14BrNO3S/c1-17-15(14(19)20,13(18)12-3-2-8-21-12)9-10-4-6-11(16)7-5-10/h2-8,17H,9H2,1H3,(H,19,20). The zero-order valence-corrected chi connectivity index (χ0v) is 13.7. The Kier molecular flexibility index (Phi) is 4.92. The first-order valence-electron chi connectivity index (χ1n) is 6.24. The van der Waals surface area contributed by atoms with E-state index in [4.69, 9.17) is 0 Å². The number of benzene rings is 1. The molecule has 0 aliphatic carbocycles. The monoisotopic (exact) mass is 367 g/mol. The number of ketones is 1. The molecule has 1 aromatic heterocycles. The summed E-state index contributed by atoms with van der Waals surface area (Å²) in [5, 5.41) is 14.1. The summed E-state index contributed by atoms with van der Waals surface area (Å²) in [5.41, 5.74) is -0.876. The first-order valence-corrected chi connectivity index (χ1v) is 7.92. The van der Waals surface area contributed by atoms with Gasteiger partial charge in [-0.1, -0.05) is 34.1 Å². The molecule has 0 saturated carbocycles. The van der Waals surface area contributed by atoms with Crippen molar-refractivity contribution < 1.29 is 14.7 Å². The van der Waals surface area contributed by atoms with E-state index in [1.165, 1.54) is 18.4 Å². The number of halogens is 1. The minimum atomic E-state index is -1.65. The molecule has 21 heavy (non-hydrogen) atoms. The number of carbonyl (C=O) groups excluding carboxylic acids is 1. The van der Waals surface area contributed by atoms with E-state index in [9.17, 15) is 14.7 Å². The van der Waals surface area contributed by atoms with Gasteiger partial charge in [-0.2, -0.15) is 0 Å². The summed E-state index contributed by atoms with van der Waals surface area (Å²) in [6, 6.07) is 10.6. The lowest BCUT2D eigenvalue weighted by Gasteiger charge is -2.27. The summed E-state index contributed by atoms with van der Waals surface area (Å²) >= 11 is 4.58. The van der Waals surface area contributed by atoms with Crippen LogP contribution < -0.4 is 5.32 Å². The van der Waals surface area contributed by atoms with Crippen molar-refractivity contribution in [1.82, 2.24) is 5.32 Å². The topological polar surface area (TPSA) is 66.4 Å². The van der Waals surface area contributed by atoms with Crippen molar-refractivity contribution >= 4 is 39.0 Å². The van der Waals surface area contributed by atoms with Crippen LogP contribution in [-0.4, -0.2) is 29.4 Å². The maximum atomic E-state index is 12.6. The van der Waals surface area contributed by atoms with E-state index in [2.05, 4.69) is 21.2 Å². The molecule has 0 amide bonds. The van der Waals surface area contributed by atoms with Crippen LogP contribution in [0.15, 0.2) is 46.3 Å². The Bertz CT molecular complexity index is 639. The maximum absolute atomic E-state index is 12.6. The highest BCUT2D eigenvalue weighted by Gasteiger charge is 2.45. The van der Waals surface area contributed by atoms with E-state index in [1.807, 2.05) is 12.1 Å². The van der Waals surface area contributed by atoms with E-state index < -0.39 is 17.3 Å². The highest BCUT2D eigenvalue weighted by Crippen LogP contribution is 2.23. The summed E-state index contributed by atoms with van der Waals surface area (Å²) in [4.78, 5) is 24.8. The number of rotatable bonds is 6. The minimum Gasteiger partial charge on any atom is -0.480 e. The second kappa shape index (κ2) is 6.51. The quantitative estimate of drug-likeness (QED) is 0.608. The molecule has 0 bridgehead atoms. The van der Waals surface area contributed by atoms with Crippen LogP contribution in [0.3, 0.4) is 0 Å². The van der Waals surface area contributed by atoms with Crippen molar-refractivity contribution in [2.75, 3.05) is 7.05 Å². The highest BCUT2D eigenvalue weighted by molar-refractivity contribution is 9.10. The van der Waals surface area contributed by atoms with Crippen LogP contribution in [0.5, 0.6) is 0 Å². The smallest absolute Gasteiger partial charge is 0.332 e. The van der Waals surface area contributed by atoms with E-state index in [1.54, 1.807) is 29.6 Å². The third kappa shape index (κ3) is 3.23. The molecule has 2 N–H and O–H groups in total. The molecule has 6 heteroatoms. The predicted octanol–water partition coefficient (Wildman–Crippen LogP) is 2.98. The van der Waals surface area contributed by atoms with Crippen LogP contribution in [-0.2, 0) is 11.2 Å². The highest BCUT2D eigenvalue weighted by atomic mass is 79.9. The van der Waals surface area contributed by atoms with Gasteiger partial charge in [0.2, 0.25) is 5.78 Å².